The molecule has 0 atom stereocenters. The molecule has 0 bridgehead atoms. The van der Waals surface area contributed by atoms with Crippen molar-refractivity contribution < 1.29 is 0 Å². The third-order valence-corrected chi connectivity index (χ3v) is 9.56. The van der Waals surface area contributed by atoms with Crippen LogP contribution in [-0.4, -0.2) is 19.9 Å². The molecular weight excluding hydrogens is 569 g/mol. The molecule has 0 fully saturated rings. The zero-order valence-electron chi connectivity index (χ0n) is 24.1. The Hall–Kier alpha value is -5.78. The van der Waals surface area contributed by atoms with Crippen LogP contribution >= 0.6 is 11.3 Å². The van der Waals surface area contributed by atoms with E-state index >= 15 is 0 Å². The topological polar surface area (TPSA) is 51.6 Å². The first-order valence-electron chi connectivity index (χ1n) is 14.9. The fourth-order valence-electron chi connectivity index (χ4n) is 6.14. The molecule has 5 heteroatoms. The second-order valence-electron chi connectivity index (χ2n) is 11.1. The van der Waals surface area contributed by atoms with Crippen molar-refractivity contribution in [2.75, 3.05) is 0 Å². The molecule has 0 aliphatic heterocycles. The van der Waals surface area contributed by atoms with E-state index < -0.39 is 0 Å². The van der Waals surface area contributed by atoms with Crippen molar-refractivity contribution >= 4 is 53.2 Å². The standard InChI is InChI=1S/C40H24N4S/c1-3-9-25(10-4-1)27-16-17-29-24-30(19-18-28(29)23-27)39-42-38(26-11-5-2-6-12-26)43-40(44-39)33-14-7-13-32-31(33)20-21-34-36-35(45-37(32)34)15-8-22-41-36/h1-24H. The first-order chi connectivity index (χ1) is 22.3. The molecule has 0 saturated heterocycles. The molecule has 9 rings (SSSR count). The van der Waals surface area contributed by atoms with Gasteiger partial charge in [-0.05, 0) is 51.6 Å². The molecule has 0 spiro atoms. The van der Waals surface area contributed by atoms with E-state index in [2.05, 4.69) is 102 Å². The van der Waals surface area contributed by atoms with E-state index in [1.54, 1.807) is 11.3 Å². The third kappa shape index (κ3) is 4.44. The SMILES string of the molecule is c1ccc(-c2ccc3cc(-c4nc(-c5ccccc5)nc(-c5cccc6c5ccc5c7ncccc7sc65)n4)ccc3c2)cc1. The number of pyridine rings is 1. The van der Waals surface area contributed by atoms with Crippen molar-refractivity contribution in [3.63, 3.8) is 0 Å². The average molecular weight is 593 g/mol. The molecule has 0 amide bonds. The Bertz CT molecular complexity index is 2540. The van der Waals surface area contributed by atoms with Crippen molar-refractivity contribution in [3.8, 4) is 45.3 Å². The van der Waals surface area contributed by atoms with E-state index in [4.69, 9.17) is 15.0 Å². The van der Waals surface area contributed by atoms with Crippen LogP contribution in [0.3, 0.4) is 0 Å². The summed E-state index contributed by atoms with van der Waals surface area (Å²) >= 11 is 1.78. The first-order valence-corrected chi connectivity index (χ1v) is 15.7. The van der Waals surface area contributed by atoms with Gasteiger partial charge in [-0.15, -0.1) is 11.3 Å². The van der Waals surface area contributed by atoms with Gasteiger partial charge in [-0.25, -0.2) is 15.0 Å². The largest absolute Gasteiger partial charge is 0.255 e. The van der Waals surface area contributed by atoms with Gasteiger partial charge in [0, 0.05) is 38.4 Å². The quantitative estimate of drug-likeness (QED) is 0.204. The summed E-state index contributed by atoms with van der Waals surface area (Å²) in [6.07, 6.45) is 1.86. The van der Waals surface area contributed by atoms with Crippen LogP contribution < -0.4 is 0 Å². The summed E-state index contributed by atoms with van der Waals surface area (Å²) < 4.78 is 2.41. The Morgan fingerprint density at radius 1 is 0.422 bits per heavy atom. The number of thiophene rings is 1. The molecule has 0 aliphatic carbocycles. The molecule has 6 aromatic carbocycles. The highest BCUT2D eigenvalue weighted by Gasteiger charge is 2.17. The van der Waals surface area contributed by atoms with Gasteiger partial charge in [0.2, 0.25) is 0 Å². The van der Waals surface area contributed by atoms with Crippen molar-refractivity contribution in [3.05, 3.63) is 146 Å². The van der Waals surface area contributed by atoms with Crippen molar-refractivity contribution in [2.24, 2.45) is 0 Å². The molecule has 210 valence electrons. The van der Waals surface area contributed by atoms with E-state index in [1.165, 1.54) is 36.7 Å². The van der Waals surface area contributed by atoms with Crippen LogP contribution in [0.2, 0.25) is 0 Å². The van der Waals surface area contributed by atoms with E-state index in [-0.39, 0.29) is 0 Å². The zero-order chi connectivity index (χ0) is 29.7. The maximum Gasteiger partial charge on any atom is 0.164 e. The zero-order valence-corrected chi connectivity index (χ0v) is 24.9. The highest BCUT2D eigenvalue weighted by molar-refractivity contribution is 7.26. The third-order valence-electron chi connectivity index (χ3n) is 8.36. The van der Waals surface area contributed by atoms with Gasteiger partial charge in [0.25, 0.3) is 0 Å². The smallest absolute Gasteiger partial charge is 0.164 e. The summed E-state index contributed by atoms with van der Waals surface area (Å²) in [5.41, 5.74) is 6.34. The summed E-state index contributed by atoms with van der Waals surface area (Å²) in [5.74, 6) is 1.96. The van der Waals surface area contributed by atoms with Crippen molar-refractivity contribution in [2.45, 2.75) is 0 Å². The lowest BCUT2D eigenvalue weighted by molar-refractivity contribution is 1.08. The highest BCUT2D eigenvalue weighted by atomic mass is 32.1. The Balaban J connectivity index is 1.22. The van der Waals surface area contributed by atoms with Gasteiger partial charge in [-0.3, -0.25) is 4.98 Å². The molecule has 0 aliphatic rings. The summed E-state index contributed by atoms with van der Waals surface area (Å²) in [6.45, 7) is 0. The monoisotopic (exact) mass is 592 g/mol. The maximum absolute atomic E-state index is 5.11. The number of nitrogens with zero attached hydrogens (tertiary/aromatic N) is 4. The Labute approximate surface area is 263 Å². The van der Waals surface area contributed by atoms with Gasteiger partial charge in [-0.1, -0.05) is 115 Å². The maximum atomic E-state index is 5.11. The normalized spacial score (nSPS) is 11.6. The number of benzene rings is 6. The molecule has 0 radical (unpaired) electrons. The lowest BCUT2D eigenvalue weighted by Crippen LogP contribution is -2.00. The molecule has 3 aromatic heterocycles. The van der Waals surface area contributed by atoms with Crippen LogP contribution in [0.25, 0.3) is 87.1 Å². The van der Waals surface area contributed by atoms with Crippen LogP contribution in [0, 0.1) is 0 Å². The molecule has 45 heavy (non-hydrogen) atoms. The fourth-order valence-corrected chi connectivity index (χ4v) is 7.33. The highest BCUT2D eigenvalue weighted by Crippen LogP contribution is 2.40. The second kappa shape index (κ2) is 10.4. The minimum absolute atomic E-state index is 0.650. The molecule has 9 aromatic rings. The van der Waals surface area contributed by atoms with Crippen molar-refractivity contribution in [1.82, 2.24) is 19.9 Å². The van der Waals surface area contributed by atoms with E-state index in [9.17, 15) is 0 Å². The lowest BCUT2D eigenvalue weighted by atomic mass is 9.99. The molecular formula is C40H24N4S. The number of fused-ring (bicyclic) bond motifs is 6. The number of aromatic nitrogens is 4. The molecule has 0 N–H and O–H groups in total. The molecule has 4 nitrogen and oxygen atoms in total. The predicted octanol–water partition coefficient (Wildman–Crippen LogP) is 10.6. The summed E-state index contributed by atoms with van der Waals surface area (Å²) in [4.78, 5) is 19.8. The van der Waals surface area contributed by atoms with Crippen LogP contribution in [0.4, 0.5) is 0 Å². The summed E-state index contributed by atoms with van der Waals surface area (Å²) in [6, 6.07) is 48.5. The number of hydrogen-bond donors (Lipinski definition) is 0. The molecule has 0 unspecified atom stereocenters. The minimum Gasteiger partial charge on any atom is -0.255 e. The minimum atomic E-state index is 0.650. The van der Waals surface area contributed by atoms with Gasteiger partial charge < -0.3 is 0 Å². The van der Waals surface area contributed by atoms with Gasteiger partial charge >= 0.3 is 0 Å². The predicted molar refractivity (Wildman–Crippen MR) is 187 cm³/mol. The van der Waals surface area contributed by atoms with Crippen LogP contribution in [-0.2, 0) is 0 Å². The molecule has 3 heterocycles. The van der Waals surface area contributed by atoms with Crippen LogP contribution in [0.5, 0.6) is 0 Å². The Morgan fingerprint density at radius 3 is 1.89 bits per heavy atom. The average Bonchev–Trinajstić information content (AvgIpc) is 3.51. The number of hydrogen-bond acceptors (Lipinski definition) is 5. The first kappa shape index (κ1) is 25.7. The van der Waals surface area contributed by atoms with E-state index in [0.29, 0.717) is 17.5 Å². The summed E-state index contributed by atoms with van der Waals surface area (Å²) in [7, 11) is 0. The van der Waals surface area contributed by atoms with Crippen molar-refractivity contribution in [1.29, 1.82) is 0 Å². The Morgan fingerprint density at radius 2 is 1.09 bits per heavy atom. The second-order valence-corrected chi connectivity index (χ2v) is 12.2. The van der Waals surface area contributed by atoms with Gasteiger partial charge in [0.1, 0.15) is 0 Å². The van der Waals surface area contributed by atoms with Gasteiger partial charge in [0.15, 0.2) is 17.5 Å². The van der Waals surface area contributed by atoms with E-state index in [0.717, 1.165) is 33.0 Å². The van der Waals surface area contributed by atoms with Crippen LogP contribution in [0.1, 0.15) is 0 Å². The van der Waals surface area contributed by atoms with Gasteiger partial charge in [0.05, 0.1) is 10.2 Å². The van der Waals surface area contributed by atoms with Crippen LogP contribution in [0.15, 0.2) is 146 Å². The summed E-state index contributed by atoms with van der Waals surface area (Å²) in [5, 5.41) is 5.78. The fraction of sp³-hybridized carbons (Fsp3) is 0. The lowest BCUT2D eigenvalue weighted by Gasteiger charge is -2.11. The Kier molecular flexibility index (Phi) is 5.96. The van der Waals surface area contributed by atoms with E-state index in [1.807, 2.05) is 48.7 Å². The molecule has 0 saturated carbocycles. The van der Waals surface area contributed by atoms with Gasteiger partial charge in [-0.2, -0.15) is 0 Å². The number of rotatable bonds is 4.